The van der Waals surface area contributed by atoms with E-state index in [0.717, 1.165) is 51.3 Å². The number of aliphatic imine (C=N–C) groups is 1. The van der Waals surface area contributed by atoms with E-state index in [1.54, 1.807) is 11.8 Å². The van der Waals surface area contributed by atoms with E-state index in [9.17, 15) is 0 Å². The summed E-state index contributed by atoms with van der Waals surface area (Å²) >= 11 is 1.73. The molecule has 6 aromatic rings. The van der Waals surface area contributed by atoms with Crippen molar-refractivity contribution in [1.29, 1.82) is 0 Å². The van der Waals surface area contributed by atoms with E-state index < -0.39 is 0 Å². The van der Waals surface area contributed by atoms with E-state index in [1.807, 2.05) is 36.6 Å². The minimum Gasteiger partial charge on any atom is -0.355 e. The van der Waals surface area contributed by atoms with Crippen LogP contribution in [0.15, 0.2) is 192 Å². The standard InChI is InChI=1S/C46H39N3S/c1-34-15-12-13-28-50-45-27-25-40(30-42(34)45)39-24-26-44(43(31-39)37-19-8-4-9-20-37)48-41-23-14-18-36(29-41)33-49(2)46(38-21-10-5-11-22-38)47-32-35-16-6-3-7-17-35/h3-32,46,48H,1,33H2,2H3/b15-12-,28-13-,47-32+. The Hall–Kier alpha value is -5.68. The van der Waals surface area contributed by atoms with Gasteiger partial charge < -0.3 is 5.32 Å². The van der Waals surface area contributed by atoms with Gasteiger partial charge in [0.1, 0.15) is 6.17 Å². The van der Waals surface area contributed by atoms with Gasteiger partial charge in [-0.2, -0.15) is 0 Å². The Morgan fingerprint density at radius 3 is 2.18 bits per heavy atom. The van der Waals surface area contributed by atoms with Gasteiger partial charge in [0.05, 0.1) is 0 Å². The first-order valence-electron chi connectivity index (χ1n) is 16.8. The van der Waals surface area contributed by atoms with Gasteiger partial charge in [-0.25, -0.2) is 0 Å². The lowest BCUT2D eigenvalue weighted by Gasteiger charge is -2.25. The van der Waals surface area contributed by atoms with Crippen molar-refractivity contribution in [2.45, 2.75) is 17.6 Å². The van der Waals surface area contributed by atoms with Crippen molar-refractivity contribution in [2.24, 2.45) is 4.99 Å². The Bertz CT molecular complexity index is 2170. The number of nitrogens with one attached hydrogen (secondary N) is 1. The van der Waals surface area contributed by atoms with Crippen molar-refractivity contribution in [3.8, 4) is 22.3 Å². The van der Waals surface area contributed by atoms with Crippen LogP contribution in [0.25, 0.3) is 27.8 Å². The first kappa shape index (κ1) is 32.8. The van der Waals surface area contributed by atoms with Crippen LogP contribution in [0, 0.1) is 0 Å². The molecule has 6 aromatic carbocycles. The fraction of sp³-hybridized carbons (Fsp3) is 0.0652. The highest BCUT2D eigenvalue weighted by Crippen LogP contribution is 2.38. The fourth-order valence-corrected chi connectivity index (χ4v) is 7.00. The first-order chi connectivity index (χ1) is 24.6. The Morgan fingerprint density at radius 1 is 0.700 bits per heavy atom. The SMILES string of the molecule is C=C1/C=C\C=C/Sc2ccc(-c3ccc(Nc4cccc(CN(C)C(/N=C/c5ccccc5)c5ccccc5)c4)c(-c4ccccc4)c3)cc21. The smallest absolute Gasteiger partial charge is 0.128 e. The highest BCUT2D eigenvalue weighted by molar-refractivity contribution is 8.02. The largest absolute Gasteiger partial charge is 0.355 e. The van der Waals surface area contributed by atoms with Crippen LogP contribution >= 0.6 is 11.8 Å². The van der Waals surface area contributed by atoms with Crippen LogP contribution in [0.2, 0.25) is 0 Å². The number of benzene rings is 6. The van der Waals surface area contributed by atoms with E-state index in [-0.39, 0.29) is 6.17 Å². The quantitative estimate of drug-likeness (QED) is 0.148. The third kappa shape index (κ3) is 7.95. The predicted octanol–water partition coefficient (Wildman–Crippen LogP) is 12.2. The number of hydrogen-bond donors (Lipinski definition) is 1. The summed E-state index contributed by atoms with van der Waals surface area (Å²) < 4.78 is 0. The number of hydrogen-bond acceptors (Lipinski definition) is 4. The highest BCUT2D eigenvalue weighted by Gasteiger charge is 2.17. The Balaban J connectivity index is 1.16. The molecule has 0 aromatic heterocycles. The predicted molar refractivity (Wildman–Crippen MR) is 215 cm³/mol. The summed E-state index contributed by atoms with van der Waals surface area (Å²) in [6, 6.07) is 53.4. The molecular weight excluding hydrogens is 627 g/mol. The summed E-state index contributed by atoms with van der Waals surface area (Å²) in [5.41, 5.74) is 12.4. The van der Waals surface area contributed by atoms with E-state index in [0.29, 0.717) is 0 Å². The normalized spacial score (nSPS) is 14.5. The maximum atomic E-state index is 5.04. The molecular formula is C46H39N3S. The maximum absolute atomic E-state index is 5.04. The van der Waals surface area contributed by atoms with E-state index in [2.05, 4.69) is 169 Å². The topological polar surface area (TPSA) is 27.6 Å². The molecule has 1 unspecified atom stereocenters. The molecule has 1 N–H and O–H groups in total. The Labute approximate surface area is 300 Å². The van der Waals surface area contributed by atoms with Gasteiger partial charge in [0.25, 0.3) is 0 Å². The zero-order valence-corrected chi connectivity index (χ0v) is 28.9. The van der Waals surface area contributed by atoms with Gasteiger partial charge in [0, 0.05) is 34.6 Å². The average molecular weight is 666 g/mol. The van der Waals surface area contributed by atoms with Gasteiger partial charge in [0.2, 0.25) is 0 Å². The van der Waals surface area contributed by atoms with Crippen LogP contribution in [-0.2, 0) is 6.54 Å². The van der Waals surface area contributed by atoms with Gasteiger partial charge in [-0.3, -0.25) is 9.89 Å². The second kappa shape index (κ2) is 15.7. The van der Waals surface area contributed by atoms with Crippen molar-refractivity contribution in [3.63, 3.8) is 0 Å². The van der Waals surface area contributed by atoms with Gasteiger partial charge in [-0.05, 0) is 93.4 Å². The molecule has 0 saturated carbocycles. The van der Waals surface area contributed by atoms with Crippen molar-refractivity contribution in [2.75, 3.05) is 12.4 Å². The average Bonchev–Trinajstić information content (AvgIpc) is 3.15. The molecule has 50 heavy (non-hydrogen) atoms. The third-order valence-electron chi connectivity index (χ3n) is 8.76. The molecule has 3 nitrogen and oxygen atoms in total. The highest BCUT2D eigenvalue weighted by atomic mass is 32.2. The molecule has 1 aliphatic rings. The Morgan fingerprint density at radius 2 is 1.40 bits per heavy atom. The molecule has 244 valence electrons. The van der Waals surface area contributed by atoms with Gasteiger partial charge in [-0.1, -0.05) is 152 Å². The summed E-state index contributed by atoms with van der Waals surface area (Å²) in [4.78, 5) is 8.54. The van der Waals surface area contributed by atoms with Crippen LogP contribution < -0.4 is 5.32 Å². The van der Waals surface area contributed by atoms with Crippen molar-refractivity contribution < 1.29 is 0 Å². The lowest BCUT2D eigenvalue weighted by molar-refractivity contribution is 0.244. The lowest BCUT2D eigenvalue weighted by Crippen LogP contribution is -2.23. The number of allylic oxidation sites excluding steroid dienone is 4. The van der Waals surface area contributed by atoms with Crippen LogP contribution in [0.4, 0.5) is 11.4 Å². The molecule has 0 amide bonds. The first-order valence-corrected chi connectivity index (χ1v) is 17.7. The second-order valence-corrected chi connectivity index (χ2v) is 13.3. The summed E-state index contributed by atoms with van der Waals surface area (Å²) in [6.07, 6.45) is 8.03. The molecule has 1 aliphatic heterocycles. The van der Waals surface area contributed by atoms with Crippen LogP contribution in [0.3, 0.4) is 0 Å². The maximum Gasteiger partial charge on any atom is 0.128 e. The molecule has 0 bridgehead atoms. The van der Waals surface area contributed by atoms with Crippen LogP contribution in [0.1, 0.15) is 28.4 Å². The molecule has 0 aliphatic carbocycles. The van der Waals surface area contributed by atoms with E-state index in [4.69, 9.17) is 4.99 Å². The molecule has 1 heterocycles. The van der Waals surface area contributed by atoms with Crippen molar-refractivity contribution in [3.05, 3.63) is 204 Å². The summed E-state index contributed by atoms with van der Waals surface area (Å²) in [5, 5.41) is 5.88. The molecule has 7 rings (SSSR count). The molecule has 1 atom stereocenters. The lowest BCUT2D eigenvalue weighted by atomic mass is 9.95. The number of rotatable bonds is 10. The van der Waals surface area contributed by atoms with Crippen LogP contribution in [0.5, 0.6) is 0 Å². The molecule has 0 radical (unpaired) electrons. The van der Waals surface area contributed by atoms with Gasteiger partial charge in [0.15, 0.2) is 0 Å². The molecule has 0 fully saturated rings. The number of fused-ring (bicyclic) bond motifs is 1. The fourth-order valence-electron chi connectivity index (χ4n) is 6.22. The molecule has 0 spiro atoms. The molecule has 4 heteroatoms. The van der Waals surface area contributed by atoms with Crippen LogP contribution in [-0.4, -0.2) is 18.2 Å². The van der Waals surface area contributed by atoms with E-state index >= 15 is 0 Å². The molecule has 0 saturated heterocycles. The minimum atomic E-state index is -0.120. The summed E-state index contributed by atoms with van der Waals surface area (Å²) in [6.45, 7) is 5.07. The summed E-state index contributed by atoms with van der Waals surface area (Å²) in [7, 11) is 2.14. The summed E-state index contributed by atoms with van der Waals surface area (Å²) in [5.74, 6) is 0. The van der Waals surface area contributed by atoms with Crippen molar-refractivity contribution >= 4 is 34.9 Å². The van der Waals surface area contributed by atoms with Gasteiger partial charge >= 0.3 is 0 Å². The third-order valence-corrected chi connectivity index (χ3v) is 9.67. The Kier molecular flexibility index (Phi) is 10.3. The monoisotopic (exact) mass is 665 g/mol. The number of nitrogens with zero attached hydrogens (tertiary/aromatic N) is 2. The number of anilines is 2. The zero-order valence-electron chi connectivity index (χ0n) is 28.1. The zero-order chi connectivity index (χ0) is 34.1. The minimum absolute atomic E-state index is 0.120. The number of thioether (sulfide) groups is 1. The van der Waals surface area contributed by atoms with Crippen molar-refractivity contribution in [1.82, 2.24) is 4.90 Å². The second-order valence-electron chi connectivity index (χ2n) is 12.4. The van der Waals surface area contributed by atoms with Gasteiger partial charge in [-0.15, -0.1) is 0 Å². The van der Waals surface area contributed by atoms with E-state index in [1.165, 1.54) is 21.6 Å².